The van der Waals surface area contributed by atoms with Crippen LogP contribution in [0.3, 0.4) is 0 Å². The van der Waals surface area contributed by atoms with Crippen LogP contribution in [-0.4, -0.2) is 71.7 Å². The van der Waals surface area contributed by atoms with E-state index in [-0.39, 0.29) is 60.2 Å². The van der Waals surface area contributed by atoms with Gasteiger partial charge in [0.25, 0.3) is 0 Å². The van der Waals surface area contributed by atoms with Crippen molar-refractivity contribution in [2.75, 3.05) is 38.9 Å². The maximum absolute atomic E-state index is 9.97. The molecule has 0 fully saturated rings. The van der Waals surface area contributed by atoms with Crippen molar-refractivity contribution in [2.24, 2.45) is 0 Å². The Morgan fingerprint density at radius 3 is 1.12 bits per heavy atom. The molecule has 40 heavy (non-hydrogen) atoms. The van der Waals surface area contributed by atoms with Crippen molar-refractivity contribution in [3.8, 4) is 11.8 Å². The second kappa shape index (κ2) is 61.1. The standard InChI is InChI=1S/2C8H8NO2.2C2H6OS.4CO.2Fe/c2*1-11-8-4-2-3-7(9-8)5-6-10;2*3-1-2-4;4*1-2;;/h2*2-4H,5H2,1H3;2*3-4H,1-2H2;;;;;;/q2*-1;;;;;;;2*+2/p-2. The van der Waals surface area contributed by atoms with Gasteiger partial charge >= 0.3 is 79.3 Å². The molecule has 220 valence electrons. The molecule has 2 aromatic rings. The van der Waals surface area contributed by atoms with Gasteiger partial charge in [0.05, 0.1) is 14.2 Å². The first-order chi connectivity index (χ1) is 18.6. The van der Waals surface area contributed by atoms with E-state index in [0.717, 1.165) is 0 Å². The van der Waals surface area contributed by atoms with Crippen LogP contribution in [0.25, 0.3) is 0 Å². The Labute approximate surface area is 266 Å². The fourth-order valence-corrected chi connectivity index (χ4v) is 1.49. The molecule has 2 heterocycles. The number of aromatic nitrogens is 2. The minimum absolute atomic E-state index is 0. The number of nitrogens with zero attached hydrogens (tertiary/aromatic N) is 2. The van der Waals surface area contributed by atoms with E-state index in [0.29, 0.717) is 34.7 Å². The average Bonchev–Trinajstić information content (AvgIpc) is 3.02. The maximum atomic E-state index is 9.97. The molecule has 2 rings (SSSR count). The van der Waals surface area contributed by atoms with E-state index in [1.165, 1.54) is 14.2 Å². The second-order valence-corrected chi connectivity index (χ2v) is 5.66. The second-order valence-electron chi connectivity index (χ2n) is 4.84. The van der Waals surface area contributed by atoms with Gasteiger partial charge in [-0.15, -0.1) is 12.8 Å². The van der Waals surface area contributed by atoms with Crippen molar-refractivity contribution >= 4 is 37.8 Å². The third kappa shape index (κ3) is 48.9. The number of methoxy groups -OCH3 is 2. The summed E-state index contributed by atoms with van der Waals surface area (Å²) in [5.41, 5.74) is 1.36. The van der Waals surface area contributed by atoms with Crippen LogP contribution in [0.5, 0.6) is 11.8 Å². The molecule has 12 nitrogen and oxygen atoms in total. The summed E-state index contributed by atoms with van der Waals surface area (Å²) in [6, 6.07) is 10.6. The first kappa shape index (κ1) is 57.7. The van der Waals surface area contributed by atoms with Crippen LogP contribution in [0, 0.1) is 26.6 Å². The minimum atomic E-state index is 0. The van der Waals surface area contributed by atoms with Gasteiger partial charge in [-0.3, -0.25) is 12.6 Å². The molecule has 2 aromatic heterocycles. The van der Waals surface area contributed by atoms with Crippen molar-refractivity contribution < 1.29 is 82.0 Å². The number of aliphatic hydroxyl groups excluding tert-OH is 2. The molecule has 0 unspecified atom stereocenters. The Kier molecular flexibility index (Phi) is 88.1. The molecule has 0 aromatic carbocycles. The van der Waals surface area contributed by atoms with Gasteiger partial charge in [-0.1, -0.05) is 12.1 Å². The van der Waals surface area contributed by atoms with Crippen LogP contribution < -0.4 is 9.47 Å². The Morgan fingerprint density at radius 1 is 0.700 bits per heavy atom. The molecule has 0 saturated heterocycles. The first-order valence-corrected chi connectivity index (χ1v) is 10.6. The average molecular weight is 678 g/mol. The van der Waals surface area contributed by atoms with E-state index >= 15 is 0 Å². The number of aliphatic hydroxyl groups is 2. The zero-order valence-electron chi connectivity index (χ0n) is 21.3. The van der Waals surface area contributed by atoms with E-state index in [1.54, 1.807) is 49.0 Å². The molecule has 0 radical (unpaired) electrons. The molecule has 2 N–H and O–H groups in total. The minimum Gasteiger partial charge on any atom is 2.00 e. The van der Waals surface area contributed by atoms with Crippen molar-refractivity contribution in [3.63, 3.8) is 0 Å². The van der Waals surface area contributed by atoms with Gasteiger partial charge in [0.1, 0.15) is 0 Å². The number of carbonyl (C=O) groups excluding carboxylic acids is 2. The molecule has 0 atom stereocenters. The smallest absolute Gasteiger partial charge is 2.00 e. The molecule has 0 aliphatic rings. The molecule has 0 saturated carbocycles. The van der Waals surface area contributed by atoms with Gasteiger partial charge in [-0.05, 0) is 12.1 Å². The van der Waals surface area contributed by atoms with Gasteiger partial charge in [-0.25, -0.2) is 9.97 Å². The van der Waals surface area contributed by atoms with Gasteiger partial charge in [0.15, 0.2) is 0 Å². The number of hydrogen-bond acceptors (Lipinski definition) is 10. The summed E-state index contributed by atoms with van der Waals surface area (Å²) in [5, 5.41) is 15.5. The maximum Gasteiger partial charge on any atom is 2.00 e. The van der Waals surface area contributed by atoms with Crippen LogP contribution in [0.4, 0.5) is 0 Å². The van der Waals surface area contributed by atoms with Gasteiger partial charge < -0.3 is 54.5 Å². The van der Waals surface area contributed by atoms with Crippen LogP contribution in [0.1, 0.15) is 11.4 Å². The zero-order chi connectivity index (χ0) is 31.0. The topological polar surface area (TPSA) is 198 Å². The molecule has 16 heteroatoms. The number of ether oxygens (including phenoxy) is 2. The fraction of sp³-hybridized carbons (Fsp3) is 0.333. The summed E-state index contributed by atoms with van der Waals surface area (Å²) in [7, 11) is 3.08. The Morgan fingerprint density at radius 2 is 0.950 bits per heavy atom. The summed E-state index contributed by atoms with van der Waals surface area (Å²) < 4.78 is 39.7. The summed E-state index contributed by atoms with van der Waals surface area (Å²) in [6.07, 6.45) is 3.97. The summed E-state index contributed by atoms with van der Waals surface area (Å²) in [5.74, 6) is 1.97. The molecule has 0 bridgehead atoms. The van der Waals surface area contributed by atoms with E-state index in [4.69, 9.17) is 38.3 Å². The quantitative estimate of drug-likeness (QED) is 0.170. The van der Waals surface area contributed by atoms with E-state index in [1.807, 2.05) is 0 Å². The number of hydrogen-bond donors (Lipinski definition) is 2. The molecular weight excluding hydrogens is 652 g/mol. The SMILES string of the molecule is COc1cccc(C[C-]=O)n1.COc1cccc(C[C-]=O)n1.OCC[S-].OCC[S-].[C-]#[O+].[C-]#[O+].[C-]#[O+].[C-]#[O+].[Fe+2].[Fe+2]. The summed E-state index contributed by atoms with van der Waals surface area (Å²) >= 11 is 8.61. The Hall–Kier alpha value is -2.14. The van der Waals surface area contributed by atoms with Crippen LogP contribution >= 0.6 is 0 Å². The van der Waals surface area contributed by atoms with E-state index < -0.39 is 0 Å². The van der Waals surface area contributed by atoms with Crippen molar-refractivity contribution in [3.05, 3.63) is 74.4 Å². The van der Waals surface area contributed by atoms with Gasteiger partial charge in [0.2, 0.25) is 11.8 Å². The van der Waals surface area contributed by atoms with Gasteiger partial charge in [0, 0.05) is 36.7 Å². The summed E-state index contributed by atoms with van der Waals surface area (Å²) in [6.45, 7) is 18.3. The third-order valence-electron chi connectivity index (χ3n) is 2.67. The monoisotopic (exact) mass is 678 g/mol. The van der Waals surface area contributed by atoms with Crippen molar-refractivity contribution in [2.45, 2.75) is 12.8 Å². The van der Waals surface area contributed by atoms with Gasteiger partial charge in [-0.2, -0.15) is 11.5 Å². The molecular formula is C24H26Fe2N2O10S2. The molecule has 0 aliphatic carbocycles. The van der Waals surface area contributed by atoms with E-state index in [2.05, 4.69) is 61.8 Å². The van der Waals surface area contributed by atoms with Crippen LogP contribution in [0.2, 0.25) is 0 Å². The third-order valence-corrected chi connectivity index (χ3v) is 3.04. The first-order valence-electron chi connectivity index (χ1n) is 9.46. The zero-order valence-corrected chi connectivity index (χ0v) is 25.1. The van der Waals surface area contributed by atoms with Crippen molar-refractivity contribution in [1.29, 1.82) is 0 Å². The normalized spacial score (nSPS) is 6.75. The Bertz CT molecular complexity index is 773. The van der Waals surface area contributed by atoms with Crippen LogP contribution in [0.15, 0.2) is 36.4 Å². The van der Waals surface area contributed by atoms with E-state index in [9.17, 15) is 9.59 Å². The van der Waals surface area contributed by atoms with Crippen LogP contribution in [-0.2, 0) is 100 Å². The molecule has 0 aliphatic heterocycles. The largest absolute Gasteiger partial charge is 2.00 e. The van der Waals surface area contributed by atoms with Crippen molar-refractivity contribution in [1.82, 2.24) is 9.97 Å². The predicted molar refractivity (Wildman–Crippen MR) is 135 cm³/mol. The molecule has 0 amide bonds. The number of pyridine rings is 2. The number of rotatable bonds is 8. The fourth-order valence-electron chi connectivity index (χ4n) is 1.49. The summed E-state index contributed by atoms with van der Waals surface area (Å²) in [4.78, 5) is 27.9. The predicted octanol–water partition coefficient (Wildman–Crippen LogP) is 0.381. The molecule has 0 spiro atoms. The Balaban J connectivity index is -0.0000000550.